The van der Waals surface area contributed by atoms with Crippen LogP contribution in [0, 0.1) is 12.8 Å². The number of likely N-dealkylation sites (tertiary alicyclic amines) is 1. The van der Waals surface area contributed by atoms with E-state index in [2.05, 4.69) is 25.7 Å². The minimum absolute atomic E-state index is 0.0413. The third-order valence-corrected chi connectivity index (χ3v) is 9.74. The Labute approximate surface area is 250 Å². The normalized spacial score (nSPS) is 24.4. The van der Waals surface area contributed by atoms with Crippen LogP contribution in [0.2, 0.25) is 0 Å². The van der Waals surface area contributed by atoms with Crippen LogP contribution in [-0.2, 0) is 22.5 Å². The highest BCUT2D eigenvalue weighted by atomic mass is 16.5. The Morgan fingerprint density at radius 1 is 1.09 bits per heavy atom. The summed E-state index contributed by atoms with van der Waals surface area (Å²) in [5.74, 6) is 0.00314. The van der Waals surface area contributed by atoms with Crippen molar-refractivity contribution in [2.24, 2.45) is 5.92 Å². The number of fused-ring (bicyclic) bond motifs is 5. The van der Waals surface area contributed by atoms with Crippen LogP contribution in [0.1, 0.15) is 42.4 Å². The number of piperidine rings is 4. The van der Waals surface area contributed by atoms with E-state index in [0.717, 1.165) is 65.8 Å². The van der Waals surface area contributed by atoms with Gasteiger partial charge in [0.2, 0.25) is 0 Å². The number of aromatic nitrogens is 2. The molecule has 1 aromatic heterocycles. The summed E-state index contributed by atoms with van der Waals surface area (Å²) in [7, 11) is 0. The molecule has 43 heavy (non-hydrogen) atoms. The number of aryl methyl sites for hydroxylation is 1. The molecule has 5 aliphatic heterocycles. The lowest BCUT2D eigenvalue weighted by atomic mass is 9.86. The van der Waals surface area contributed by atoms with Gasteiger partial charge in [-0.1, -0.05) is 24.3 Å². The Kier molecular flexibility index (Phi) is 7.42. The molecule has 2 atom stereocenters. The maximum Gasteiger partial charge on any atom is 0.329 e. The smallest absolute Gasteiger partial charge is 0.329 e. The number of benzene rings is 2. The lowest BCUT2D eigenvalue weighted by molar-refractivity contribution is -0.161. The number of carbonyl (C=O) groups is 3. The number of aromatic amines is 1. The fraction of sp³-hybridized carbons (Fsp3) is 0.500. The van der Waals surface area contributed by atoms with Gasteiger partial charge >= 0.3 is 18.0 Å². The monoisotopic (exact) mass is 585 g/mol. The molecule has 4 saturated heterocycles. The number of nitrogens with one attached hydrogen (secondary N) is 3. The Hall–Kier alpha value is -4.12. The minimum atomic E-state index is -0.811. The van der Waals surface area contributed by atoms with Crippen molar-refractivity contribution in [3.63, 3.8) is 0 Å². The molecule has 3 N–H and O–H groups in total. The molecule has 2 unspecified atom stereocenters. The van der Waals surface area contributed by atoms with E-state index in [4.69, 9.17) is 4.74 Å². The summed E-state index contributed by atoms with van der Waals surface area (Å²) in [5.41, 5.74) is 4.90. The number of ether oxygens (including phenoxy) is 1. The predicted molar refractivity (Wildman–Crippen MR) is 161 cm³/mol. The van der Waals surface area contributed by atoms with Gasteiger partial charge in [-0.3, -0.25) is 10.00 Å². The molecular weight excluding hydrogens is 546 g/mol. The van der Waals surface area contributed by atoms with Gasteiger partial charge in [-0.2, -0.15) is 5.10 Å². The number of esters is 1. The van der Waals surface area contributed by atoms with Crippen molar-refractivity contribution in [2.45, 2.75) is 63.8 Å². The van der Waals surface area contributed by atoms with E-state index in [1.807, 2.05) is 48.2 Å². The SMILES string of the molecule is Cc1cc(CC(NC(=O)N2CCC(N3Cc4ccccc4NC3=O)CC2)C(=O)OC2CN3CCC2CC3)cc2cn[nH]c12. The highest BCUT2D eigenvalue weighted by Gasteiger charge is 2.39. The van der Waals surface area contributed by atoms with Crippen molar-refractivity contribution in [3.05, 3.63) is 59.3 Å². The Morgan fingerprint density at radius 2 is 1.88 bits per heavy atom. The molecule has 11 heteroatoms. The van der Waals surface area contributed by atoms with E-state index < -0.39 is 6.04 Å². The molecule has 6 heterocycles. The molecular formula is C32H39N7O4. The maximum atomic E-state index is 13.7. The van der Waals surface area contributed by atoms with Crippen molar-refractivity contribution < 1.29 is 19.1 Å². The fourth-order valence-electron chi connectivity index (χ4n) is 7.27. The number of urea groups is 2. The van der Waals surface area contributed by atoms with Crippen LogP contribution in [0.5, 0.6) is 0 Å². The topological polar surface area (TPSA) is 123 Å². The van der Waals surface area contributed by atoms with Gasteiger partial charge in [0.05, 0.1) is 11.7 Å². The summed E-state index contributed by atoms with van der Waals surface area (Å²) in [6.45, 7) is 6.46. The number of H-pyrrole nitrogens is 1. The number of para-hydroxylation sites is 1. The third kappa shape index (κ3) is 5.65. The number of hydrogen-bond acceptors (Lipinski definition) is 6. The average molecular weight is 586 g/mol. The fourth-order valence-corrected chi connectivity index (χ4v) is 7.27. The molecule has 0 spiro atoms. The Bertz CT molecular complexity index is 1520. The Balaban J connectivity index is 1.02. The largest absolute Gasteiger partial charge is 0.459 e. The molecule has 0 aliphatic carbocycles. The zero-order valence-corrected chi connectivity index (χ0v) is 24.6. The van der Waals surface area contributed by atoms with Crippen molar-refractivity contribution in [1.82, 2.24) is 30.2 Å². The van der Waals surface area contributed by atoms with Crippen LogP contribution in [0.3, 0.4) is 0 Å². The molecule has 5 aliphatic rings. The van der Waals surface area contributed by atoms with Crippen LogP contribution in [-0.4, -0.2) is 93.8 Å². The molecule has 8 rings (SSSR count). The van der Waals surface area contributed by atoms with Gasteiger partial charge in [0.1, 0.15) is 12.1 Å². The molecule has 2 bridgehead atoms. The number of amides is 4. The Morgan fingerprint density at radius 3 is 2.65 bits per heavy atom. The summed E-state index contributed by atoms with van der Waals surface area (Å²) in [5, 5.41) is 14.2. The van der Waals surface area contributed by atoms with Crippen molar-refractivity contribution in [3.8, 4) is 0 Å². The van der Waals surface area contributed by atoms with E-state index in [-0.39, 0.29) is 30.2 Å². The van der Waals surface area contributed by atoms with Gasteiger partial charge in [0, 0.05) is 49.7 Å². The zero-order valence-electron chi connectivity index (χ0n) is 24.6. The number of nitrogens with zero attached hydrogens (tertiary/aromatic N) is 4. The molecule has 4 amide bonds. The van der Waals surface area contributed by atoms with Crippen LogP contribution in [0.4, 0.5) is 15.3 Å². The maximum absolute atomic E-state index is 13.7. The molecule has 3 aromatic rings. The number of anilines is 1. The number of hydrogen-bond donors (Lipinski definition) is 3. The van der Waals surface area contributed by atoms with E-state index in [0.29, 0.717) is 44.8 Å². The summed E-state index contributed by atoms with van der Waals surface area (Å²) < 4.78 is 6.10. The predicted octanol–water partition coefficient (Wildman–Crippen LogP) is 3.64. The van der Waals surface area contributed by atoms with Gasteiger partial charge in [-0.15, -0.1) is 0 Å². The highest BCUT2D eigenvalue weighted by Crippen LogP contribution is 2.31. The lowest BCUT2D eigenvalue weighted by Crippen LogP contribution is -2.56. The quantitative estimate of drug-likeness (QED) is 0.380. The number of rotatable bonds is 6. The standard InChI is InChI=1S/C32H39N7O4/c1-20-14-21(15-24-17-33-36-29(20)24)16-27(30(40)43-28-19-37-10-6-22(28)7-11-37)35-31(41)38-12-8-25(9-13-38)39-18-23-4-2-3-5-26(23)34-32(39)42/h2-5,14-15,17,22,25,27-28H,6-13,16,18-19H2,1H3,(H,33,36)(H,34,42)(H,35,41). The lowest BCUT2D eigenvalue weighted by Gasteiger charge is -2.44. The molecule has 226 valence electrons. The van der Waals surface area contributed by atoms with Gasteiger partial charge in [-0.05, 0) is 80.4 Å². The van der Waals surface area contributed by atoms with E-state index >= 15 is 0 Å². The van der Waals surface area contributed by atoms with Gasteiger partial charge in [-0.25, -0.2) is 14.4 Å². The second kappa shape index (κ2) is 11.5. The summed E-state index contributed by atoms with van der Waals surface area (Å²) in [6, 6.07) is 10.8. The van der Waals surface area contributed by atoms with Gasteiger partial charge in [0.25, 0.3) is 0 Å². The second-order valence-corrected chi connectivity index (χ2v) is 12.5. The molecule has 0 radical (unpaired) electrons. The highest BCUT2D eigenvalue weighted by molar-refractivity contribution is 5.92. The van der Waals surface area contributed by atoms with Crippen LogP contribution in [0.15, 0.2) is 42.6 Å². The first kappa shape index (κ1) is 27.7. The summed E-state index contributed by atoms with van der Waals surface area (Å²) >= 11 is 0. The first-order valence-corrected chi connectivity index (χ1v) is 15.5. The molecule has 4 fully saturated rings. The van der Waals surface area contributed by atoms with Gasteiger partial charge < -0.3 is 25.2 Å². The summed E-state index contributed by atoms with van der Waals surface area (Å²) in [6.07, 6.45) is 5.40. The van der Waals surface area contributed by atoms with Crippen molar-refractivity contribution in [1.29, 1.82) is 0 Å². The third-order valence-electron chi connectivity index (χ3n) is 9.74. The second-order valence-electron chi connectivity index (χ2n) is 12.5. The van der Waals surface area contributed by atoms with E-state index in [1.165, 1.54) is 0 Å². The van der Waals surface area contributed by atoms with E-state index in [1.54, 1.807) is 11.1 Å². The van der Waals surface area contributed by atoms with Crippen LogP contribution < -0.4 is 10.6 Å². The molecule has 0 saturated carbocycles. The zero-order chi connectivity index (χ0) is 29.5. The minimum Gasteiger partial charge on any atom is -0.459 e. The van der Waals surface area contributed by atoms with Crippen molar-refractivity contribution >= 4 is 34.6 Å². The van der Waals surface area contributed by atoms with Gasteiger partial charge in [0.15, 0.2) is 0 Å². The number of carbonyl (C=O) groups excluding carboxylic acids is 3. The van der Waals surface area contributed by atoms with E-state index in [9.17, 15) is 14.4 Å². The van der Waals surface area contributed by atoms with Crippen molar-refractivity contribution in [2.75, 3.05) is 38.0 Å². The average Bonchev–Trinajstić information content (AvgIpc) is 3.50. The molecule has 11 nitrogen and oxygen atoms in total. The first-order valence-electron chi connectivity index (χ1n) is 15.5. The van der Waals surface area contributed by atoms with Crippen LogP contribution >= 0.6 is 0 Å². The molecule has 2 aromatic carbocycles. The first-order chi connectivity index (χ1) is 20.9. The summed E-state index contributed by atoms with van der Waals surface area (Å²) in [4.78, 5) is 46.0. The van der Waals surface area contributed by atoms with Crippen LogP contribution in [0.25, 0.3) is 10.9 Å².